The number of benzene rings is 1. The highest BCUT2D eigenvalue weighted by molar-refractivity contribution is 6.44. The molecule has 1 heterocycles. The molecule has 0 unspecified atom stereocenters. The largest absolute Gasteiger partial charge is 0.334 e. The van der Waals surface area contributed by atoms with Crippen molar-refractivity contribution >= 4 is 23.5 Å². The van der Waals surface area contributed by atoms with Crippen LogP contribution in [-0.4, -0.2) is 38.6 Å². The van der Waals surface area contributed by atoms with E-state index in [2.05, 4.69) is 0 Å². The van der Waals surface area contributed by atoms with Crippen LogP contribution < -0.4 is 0 Å². The summed E-state index contributed by atoms with van der Waals surface area (Å²) in [4.78, 5) is 49.0. The third-order valence-electron chi connectivity index (χ3n) is 4.51. The van der Waals surface area contributed by atoms with Gasteiger partial charge in [-0.05, 0) is 18.4 Å². The van der Waals surface area contributed by atoms with Gasteiger partial charge in [-0.25, -0.2) is 4.79 Å². The average Bonchev–Trinajstić information content (AvgIpc) is 2.80. The monoisotopic (exact) mass is 331 g/mol. The lowest BCUT2D eigenvalue weighted by Crippen LogP contribution is -2.42. The Morgan fingerprint density at radius 2 is 1.62 bits per heavy atom. The summed E-state index contributed by atoms with van der Waals surface area (Å²) in [5.74, 6) is -1.60. The van der Waals surface area contributed by atoms with Crippen molar-refractivity contribution in [3.63, 3.8) is 0 Å². The van der Waals surface area contributed by atoms with Gasteiger partial charge in [0.2, 0.25) is 0 Å². The Balaban J connectivity index is 1.75. The standard InChI is InChI=1S/C16H17N3O5/c20-14-15(21)18(12-4-2-1-3-5-12)16(22)17(14)10-11-6-8-13(9-7-11)19(23)24/h6-9,12H,1-5,10H2. The molecule has 0 N–H and O–H groups in total. The summed E-state index contributed by atoms with van der Waals surface area (Å²) in [5.41, 5.74) is 0.485. The van der Waals surface area contributed by atoms with Crippen molar-refractivity contribution in [2.45, 2.75) is 44.7 Å². The highest BCUT2D eigenvalue weighted by atomic mass is 16.6. The van der Waals surface area contributed by atoms with Gasteiger partial charge in [0.15, 0.2) is 0 Å². The van der Waals surface area contributed by atoms with Crippen LogP contribution >= 0.6 is 0 Å². The maximum atomic E-state index is 12.5. The molecule has 0 bridgehead atoms. The molecule has 1 aliphatic carbocycles. The third-order valence-corrected chi connectivity index (χ3v) is 4.51. The number of carbonyl (C=O) groups excluding carboxylic acids is 3. The fourth-order valence-corrected chi connectivity index (χ4v) is 3.23. The van der Waals surface area contributed by atoms with Gasteiger partial charge >= 0.3 is 17.8 Å². The second-order valence-corrected chi connectivity index (χ2v) is 6.06. The van der Waals surface area contributed by atoms with Crippen molar-refractivity contribution in [3.8, 4) is 0 Å². The van der Waals surface area contributed by atoms with E-state index in [1.807, 2.05) is 0 Å². The van der Waals surface area contributed by atoms with E-state index in [1.165, 1.54) is 24.3 Å². The predicted octanol–water partition coefficient (Wildman–Crippen LogP) is 2.22. The van der Waals surface area contributed by atoms with E-state index < -0.39 is 22.8 Å². The topological polar surface area (TPSA) is 101 Å². The Kier molecular flexibility index (Phi) is 4.28. The molecule has 1 aromatic carbocycles. The molecule has 0 aromatic heterocycles. The van der Waals surface area contributed by atoms with Crippen LogP contribution in [0.4, 0.5) is 10.5 Å². The van der Waals surface area contributed by atoms with Gasteiger partial charge in [-0.3, -0.25) is 29.5 Å². The number of imide groups is 2. The summed E-state index contributed by atoms with van der Waals surface area (Å²) in [7, 11) is 0. The molecule has 1 aromatic rings. The van der Waals surface area contributed by atoms with E-state index in [-0.39, 0.29) is 18.3 Å². The highest BCUT2D eigenvalue weighted by Crippen LogP contribution is 2.27. The van der Waals surface area contributed by atoms with E-state index in [4.69, 9.17) is 0 Å². The molecule has 0 atom stereocenters. The molecule has 1 aliphatic heterocycles. The lowest BCUT2D eigenvalue weighted by Gasteiger charge is -2.28. The molecule has 3 rings (SSSR count). The fraction of sp³-hybridized carbons (Fsp3) is 0.438. The van der Waals surface area contributed by atoms with Gasteiger partial charge in [-0.15, -0.1) is 0 Å². The first kappa shape index (κ1) is 16.1. The predicted molar refractivity (Wildman–Crippen MR) is 82.8 cm³/mol. The number of amides is 4. The van der Waals surface area contributed by atoms with Gasteiger partial charge in [0.25, 0.3) is 5.69 Å². The Bertz CT molecular complexity index is 694. The number of hydrogen-bond donors (Lipinski definition) is 0. The summed E-state index contributed by atoms with van der Waals surface area (Å²) in [5, 5.41) is 10.7. The maximum Gasteiger partial charge on any atom is 0.334 e. The Hall–Kier alpha value is -2.77. The molecule has 1 saturated heterocycles. The van der Waals surface area contributed by atoms with Crippen LogP contribution in [0.5, 0.6) is 0 Å². The van der Waals surface area contributed by atoms with E-state index in [9.17, 15) is 24.5 Å². The second kappa shape index (κ2) is 6.38. The summed E-state index contributed by atoms with van der Waals surface area (Å²) in [6, 6.07) is 4.78. The van der Waals surface area contributed by atoms with Crippen molar-refractivity contribution in [1.29, 1.82) is 0 Å². The van der Waals surface area contributed by atoms with Gasteiger partial charge in [0.05, 0.1) is 11.5 Å². The molecule has 8 heteroatoms. The van der Waals surface area contributed by atoms with Gasteiger partial charge in [0.1, 0.15) is 0 Å². The third kappa shape index (κ3) is 2.86. The summed E-state index contributed by atoms with van der Waals surface area (Å²) in [6.07, 6.45) is 4.43. The number of urea groups is 1. The Morgan fingerprint density at radius 3 is 2.21 bits per heavy atom. The number of nitro groups is 1. The highest BCUT2D eigenvalue weighted by Gasteiger charge is 2.47. The van der Waals surface area contributed by atoms with Gasteiger partial charge in [0, 0.05) is 18.2 Å². The molecular formula is C16H17N3O5. The molecule has 1 saturated carbocycles. The fourth-order valence-electron chi connectivity index (χ4n) is 3.23. The molecule has 4 amide bonds. The minimum absolute atomic E-state index is 0.0649. The number of rotatable bonds is 4. The molecular weight excluding hydrogens is 314 g/mol. The van der Waals surface area contributed by atoms with Crippen molar-refractivity contribution in [3.05, 3.63) is 39.9 Å². The van der Waals surface area contributed by atoms with Crippen LogP contribution in [0.25, 0.3) is 0 Å². The quantitative estimate of drug-likeness (QED) is 0.364. The van der Waals surface area contributed by atoms with Crippen molar-refractivity contribution in [2.75, 3.05) is 0 Å². The minimum Gasteiger partial charge on any atom is -0.263 e. The lowest BCUT2D eigenvalue weighted by atomic mass is 9.94. The Labute approximate surface area is 138 Å². The molecule has 24 heavy (non-hydrogen) atoms. The molecule has 0 radical (unpaired) electrons. The minimum atomic E-state index is -0.830. The van der Waals surface area contributed by atoms with Gasteiger partial charge < -0.3 is 0 Å². The number of nitrogens with zero attached hydrogens (tertiary/aromatic N) is 3. The first-order chi connectivity index (χ1) is 11.5. The average molecular weight is 331 g/mol. The zero-order valence-electron chi connectivity index (χ0n) is 13.0. The summed E-state index contributed by atoms with van der Waals surface area (Å²) >= 11 is 0. The van der Waals surface area contributed by atoms with Gasteiger partial charge in [-0.1, -0.05) is 31.4 Å². The number of carbonyl (C=O) groups is 3. The van der Waals surface area contributed by atoms with Crippen LogP contribution in [0.1, 0.15) is 37.7 Å². The van der Waals surface area contributed by atoms with E-state index >= 15 is 0 Å². The molecule has 8 nitrogen and oxygen atoms in total. The SMILES string of the molecule is O=C1C(=O)N(C2CCCCC2)C(=O)N1Cc1ccc([N+](=O)[O-])cc1. The molecule has 2 fully saturated rings. The van der Waals surface area contributed by atoms with E-state index in [1.54, 1.807) is 0 Å². The first-order valence-corrected chi connectivity index (χ1v) is 7.91. The van der Waals surface area contributed by atoms with Crippen LogP contribution in [0.2, 0.25) is 0 Å². The zero-order valence-corrected chi connectivity index (χ0v) is 13.0. The maximum absolute atomic E-state index is 12.5. The summed E-state index contributed by atoms with van der Waals surface area (Å²) < 4.78 is 0. The smallest absolute Gasteiger partial charge is 0.263 e. The number of nitro benzene ring substituents is 1. The van der Waals surface area contributed by atoms with E-state index in [0.717, 1.165) is 41.9 Å². The van der Waals surface area contributed by atoms with Crippen LogP contribution in [0.15, 0.2) is 24.3 Å². The number of non-ortho nitro benzene ring substituents is 1. The molecule has 126 valence electrons. The van der Waals surface area contributed by atoms with Gasteiger partial charge in [-0.2, -0.15) is 0 Å². The normalized spacial score (nSPS) is 19.2. The lowest BCUT2D eigenvalue weighted by molar-refractivity contribution is -0.384. The Morgan fingerprint density at radius 1 is 1.00 bits per heavy atom. The van der Waals surface area contributed by atoms with Crippen molar-refractivity contribution in [1.82, 2.24) is 9.80 Å². The first-order valence-electron chi connectivity index (χ1n) is 7.91. The molecule has 0 spiro atoms. The van der Waals surface area contributed by atoms with E-state index in [0.29, 0.717) is 5.56 Å². The number of hydrogen-bond acceptors (Lipinski definition) is 5. The zero-order chi connectivity index (χ0) is 17.3. The second-order valence-electron chi connectivity index (χ2n) is 6.06. The molecule has 2 aliphatic rings. The summed E-state index contributed by atoms with van der Waals surface area (Å²) in [6.45, 7) is -0.0649. The van der Waals surface area contributed by atoms with Crippen LogP contribution in [0, 0.1) is 10.1 Å². The van der Waals surface area contributed by atoms with Crippen molar-refractivity contribution in [2.24, 2.45) is 0 Å². The van der Waals surface area contributed by atoms with Crippen LogP contribution in [0.3, 0.4) is 0 Å². The van der Waals surface area contributed by atoms with Crippen LogP contribution in [-0.2, 0) is 16.1 Å². The van der Waals surface area contributed by atoms with Crippen molar-refractivity contribution < 1.29 is 19.3 Å².